The molecule has 1 heterocycles. The van der Waals surface area contributed by atoms with E-state index in [1.165, 1.54) is 18.3 Å². The molecule has 0 spiro atoms. The molecule has 1 aromatic heterocycles. The number of carbonyl (C=O) groups excluding carboxylic acids is 3. The molecule has 2 amide bonds. The number of amides is 2. The lowest BCUT2D eigenvalue weighted by atomic mass is 10.2. The largest absolute Gasteiger partial charge is 0.448 e. The molecule has 8 heteroatoms. The quantitative estimate of drug-likeness (QED) is 0.511. The summed E-state index contributed by atoms with van der Waals surface area (Å²) in [4.78, 5) is 40.4. The number of carbonyl (C=O) groups is 3. The standard InChI is InChI=1S/C20H17N3O4S/c1-13(17(24)22-23-18(25)14-8-4-2-5-9-14)27-20(26)16-12-28-19(21-16)15-10-6-3-7-11-15/h2-13H,1H3,(H,22,24)(H,23,25)/t13-/m0/s1. The van der Waals surface area contributed by atoms with Gasteiger partial charge in [-0.2, -0.15) is 0 Å². The summed E-state index contributed by atoms with van der Waals surface area (Å²) in [7, 11) is 0. The zero-order chi connectivity index (χ0) is 19.9. The van der Waals surface area contributed by atoms with Crippen molar-refractivity contribution in [1.82, 2.24) is 15.8 Å². The molecule has 0 aliphatic heterocycles. The Balaban J connectivity index is 1.53. The van der Waals surface area contributed by atoms with Crippen molar-refractivity contribution in [3.63, 3.8) is 0 Å². The van der Waals surface area contributed by atoms with Crippen LogP contribution in [0.4, 0.5) is 0 Å². The molecule has 0 aliphatic rings. The van der Waals surface area contributed by atoms with Crippen LogP contribution < -0.4 is 10.9 Å². The van der Waals surface area contributed by atoms with Gasteiger partial charge >= 0.3 is 5.97 Å². The molecule has 1 atom stereocenters. The molecular formula is C20H17N3O4S. The fourth-order valence-electron chi connectivity index (χ4n) is 2.24. The van der Waals surface area contributed by atoms with Crippen molar-refractivity contribution in [2.45, 2.75) is 13.0 Å². The van der Waals surface area contributed by atoms with Crippen LogP contribution in [0.15, 0.2) is 66.0 Å². The van der Waals surface area contributed by atoms with Gasteiger partial charge in [-0.3, -0.25) is 20.4 Å². The number of ether oxygens (including phenoxy) is 1. The molecule has 2 N–H and O–H groups in total. The lowest BCUT2D eigenvalue weighted by molar-refractivity contribution is -0.129. The van der Waals surface area contributed by atoms with E-state index in [0.29, 0.717) is 10.6 Å². The third kappa shape index (κ3) is 4.80. The molecule has 0 saturated carbocycles. The molecule has 0 fully saturated rings. The Kier molecular flexibility index (Phi) is 6.13. The van der Waals surface area contributed by atoms with Crippen LogP contribution in [-0.4, -0.2) is 28.9 Å². The van der Waals surface area contributed by atoms with Gasteiger partial charge in [0.2, 0.25) is 0 Å². The summed E-state index contributed by atoms with van der Waals surface area (Å²) in [6.07, 6.45) is -1.11. The maximum Gasteiger partial charge on any atom is 0.358 e. The first-order valence-corrected chi connectivity index (χ1v) is 9.29. The maximum atomic E-state index is 12.2. The van der Waals surface area contributed by atoms with E-state index in [-0.39, 0.29) is 5.69 Å². The summed E-state index contributed by atoms with van der Waals surface area (Å²) >= 11 is 1.31. The highest BCUT2D eigenvalue weighted by atomic mass is 32.1. The first kappa shape index (κ1) is 19.2. The van der Waals surface area contributed by atoms with Gasteiger partial charge in [0, 0.05) is 16.5 Å². The lowest BCUT2D eigenvalue weighted by Gasteiger charge is -2.13. The Hall–Kier alpha value is -3.52. The molecule has 2 aromatic carbocycles. The average Bonchev–Trinajstić information content (AvgIpc) is 3.23. The van der Waals surface area contributed by atoms with Crippen LogP contribution in [-0.2, 0) is 9.53 Å². The summed E-state index contributed by atoms with van der Waals surface area (Å²) in [5.74, 6) is -1.84. The van der Waals surface area contributed by atoms with Crippen molar-refractivity contribution in [3.8, 4) is 10.6 Å². The van der Waals surface area contributed by atoms with E-state index in [2.05, 4.69) is 15.8 Å². The number of hydrogen-bond donors (Lipinski definition) is 2. The van der Waals surface area contributed by atoms with Crippen LogP contribution >= 0.6 is 11.3 Å². The van der Waals surface area contributed by atoms with E-state index in [9.17, 15) is 14.4 Å². The van der Waals surface area contributed by atoms with Gasteiger partial charge in [0.25, 0.3) is 11.8 Å². The Morgan fingerprint density at radius 2 is 1.61 bits per heavy atom. The number of nitrogens with one attached hydrogen (secondary N) is 2. The molecule has 3 rings (SSSR count). The zero-order valence-electron chi connectivity index (χ0n) is 14.9. The number of hydrazine groups is 1. The molecular weight excluding hydrogens is 378 g/mol. The van der Waals surface area contributed by atoms with Gasteiger partial charge in [0.05, 0.1) is 0 Å². The number of hydrogen-bond acceptors (Lipinski definition) is 6. The summed E-state index contributed by atoms with van der Waals surface area (Å²) in [5.41, 5.74) is 5.91. The molecule has 3 aromatic rings. The predicted octanol–water partition coefficient (Wildman–Crippen LogP) is 2.82. The van der Waals surface area contributed by atoms with Gasteiger partial charge in [-0.15, -0.1) is 11.3 Å². The SMILES string of the molecule is C[C@H](OC(=O)c1csc(-c2ccccc2)n1)C(=O)NNC(=O)c1ccccc1. The van der Waals surface area contributed by atoms with Crippen molar-refractivity contribution >= 4 is 29.1 Å². The monoisotopic (exact) mass is 395 g/mol. The summed E-state index contributed by atoms with van der Waals surface area (Å²) in [5, 5.41) is 2.26. The van der Waals surface area contributed by atoms with Crippen LogP contribution in [0.3, 0.4) is 0 Å². The maximum absolute atomic E-state index is 12.2. The Morgan fingerprint density at radius 3 is 2.29 bits per heavy atom. The van der Waals surface area contributed by atoms with Gasteiger partial charge < -0.3 is 4.74 Å². The van der Waals surface area contributed by atoms with E-state index in [0.717, 1.165) is 5.56 Å². The Morgan fingerprint density at radius 1 is 0.964 bits per heavy atom. The van der Waals surface area contributed by atoms with Crippen LogP contribution in [0.1, 0.15) is 27.8 Å². The molecule has 0 aliphatic carbocycles. The highest BCUT2D eigenvalue weighted by molar-refractivity contribution is 7.13. The van der Waals surface area contributed by atoms with Crippen LogP contribution in [0.25, 0.3) is 10.6 Å². The highest BCUT2D eigenvalue weighted by Crippen LogP contribution is 2.23. The molecule has 28 heavy (non-hydrogen) atoms. The van der Waals surface area contributed by atoms with Gasteiger partial charge in [0.1, 0.15) is 5.01 Å². The van der Waals surface area contributed by atoms with E-state index in [4.69, 9.17) is 4.74 Å². The molecule has 0 unspecified atom stereocenters. The van der Waals surface area contributed by atoms with Gasteiger partial charge in [-0.25, -0.2) is 9.78 Å². The smallest absolute Gasteiger partial charge is 0.358 e. The lowest BCUT2D eigenvalue weighted by Crippen LogP contribution is -2.46. The normalized spacial score (nSPS) is 11.3. The Labute approximate surface area is 165 Å². The third-order valence-corrected chi connectivity index (χ3v) is 4.61. The number of esters is 1. The number of nitrogens with zero attached hydrogens (tertiary/aromatic N) is 1. The van der Waals surface area contributed by atoms with Crippen LogP contribution in [0.2, 0.25) is 0 Å². The molecule has 142 valence electrons. The minimum absolute atomic E-state index is 0.122. The van der Waals surface area contributed by atoms with Crippen molar-refractivity contribution in [2.24, 2.45) is 0 Å². The molecule has 0 radical (unpaired) electrons. The number of benzene rings is 2. The third-order valence-electron chi connectivity index (χ3n) is 3.72. The van der Waals surface area contributed by atoms with Gasteiger partial charge in [0.15, 0.2) is 11.8 Å². The average molecular weight is 395 g/mol. The minimum Gasteiger partial charge on any atom is -0.448 e. The second-order valence-corrected chi connectivity index (χ2v) is 6.62. The molecule has 7 nitrogen and oxygen atoms in total. The Bertz CT molecular complexity index is 973. The van der Waals surface area contributed by atoms with Gasteiger partial charge in [-0.05, 0) is 19.1 Å². The van der Waals surface area contributed by atoms with Crippen molar-refractivity contribution < 1.29 is 19.1 Å². The number of aromatic nitrogens is 1. The van der Waals surface area contributed by atoms with Gasteiger partial charge in [-0.1, -0.05) is 48.5 Å². The van der Waals surface area contributed by atoms with E-state index in [1.54, 1.807) is 35.7 Å². The first-order chi connectivity index (χ1) is 13.5. The summed E-state index contributed by atoms with van der Waals surface area (Å²) < 4.78 is 5.13. The second-order valence-electron chi connectivity index (χ2n) is 5.76. The van der Waals surface area contributed by atoms with E-state index >= 15 is 0 Å². The predicted molar refractivity (Wildman–Crippen MR) is 104 cm³/mol. The summed E-state index contributed by atoms with van der Waals surface area (Å²) in [6.45, 7) is 1.41. The van der Waals surface area contributed by atoms with Crippen molar-refractivity contribution in [1.29, 1.82) is 0 Å². The number of rotatable bonds is 5. The summed E-state index contributed by atoms with van der Waals surface area (Å²) in [6, 6.07) is 17.8. The first-order valence-electron chi connectivity index (χ1n) is 8.42. The second kappa shape index (κ2) is 8.92. The number of thiazole rings is 1. The zero-order valence-corrected chi connectivity index (χ0v) is 15.7. The van der Waals surface area contributed by atoms with Crippen molar-refractivity contribution in [3.05, 3.63) is 77.3 Å². The minimum atomic E-state index is -1.11. The van der Waals surface area contributed by atoms with E-state index < -0.39 is 23.9 Å². The highest BCUT2D eigenvalue weighted by Gasteiger charge is 2.21. The van der Waals surface area contributed by atoms with Crippen LogP contribution in [0.5, 0.6) is 0 Å². The fourth-order valence-corrected chi connectivity index (χ4v) is 3.03. The van der Waals surface area contributed by atoms with Crippen molar-refractivity contribution in [2.75, 3.05) is 0 Å². The topological polar surface area (TPSA) is 97.4 Å². The molecule has 0 bridgehead atoms. The fraction of sp³-hybridized carbons (Fsp3) is 0.100. The van der Waals surface area contributed by atoms with E-state index in [1.807, 2.05) is 30.3 Å². The van der Waals surface area contributed by atoms with Crippen LogP contribution in [0, 0.1) is 0 Å². The molecule has 0 saturated heterocycles.